The normalized spacial score (nSPS) is 11.4. The predicted molar refractivity (Wildman–Crippen MR) is 136 cm³/mol. The lowest BCUT2D eigenvalue weighted by molar-refractivity contribution is -0.384. The summed E-state index contributed by atoms with van der Waals surface area (Å²) in [6, 6.07) is 19.6. The fourth-order valence-corrected chi connectivity index (χ4v) is 4.36. The van der Waals surface area contributed by atoms with Gasteiger partial charge in [-0.25, -0.2) is 0 Å². The van der Waals surface area contributed by atoms with Crippen LogP contribution in [0.2, 0.25) is 0 Å². The molecule has 178 valence electrons. The molecule has 5 rings (SSSR count). The van der Waals surface area contributed by atoms with Gasteiger partial charge in [-0.2, -0.15) is 4.37 Å². The molecule has 0 saturated carbocycles. The van der Waals surface area contributed by atoms with Gasteiger partial charge in [0.2, 0.25) is 0 Å². The molecule has 3 N–H and O–H groups in total. The number of azo groups is 1. The molecule has 0 fully saturated rings. The number of hydrogen-bond donors (Lipinski definition) is 3. The zero-order chi connectivity index (χ0) is 25.2. The third kappa shape index (κ3) is 4.35. The van der Waals surface area contributed by atoms with Gasteiger partial charge >= 0.3 is 0 Å². The molecule has 0 unspecified atom stereocenters. The maximum atomic E-state index is 13.0. The van der Waals surface area contributed by atoms with E-state index >= 15 is 0 Å². The van der Waals surface area contributed by atoms with Crippen LogP contribution < -0.4 is 5.32 Å². The van der Waals surface area contributed by atoms with E-state index in [2.05, 4.69) is 19.9 Å². The Balaban J connectivity index is 1.55. The lowest BCUT2D eigenvalue weighted by Crippen LogP contribution is -2.12. The summed E-state index contributed by atoms with van der Waals surface area (Å²) in [6.45, 7) is -0.115. The Kier molecular flexibility index (Phi) is 6.07. The Morgan fingerprint density at radius 3 is 2.56 bits per heavy atom. The van der Waals surface area contributed by atoms with Crippen molar-refractivity contribution in [1.82, 2.24) is 4.37 Å². The molecule has 1 aromatic heterocycles. The van der Waals surface area contributed by atoms with Crippen molar-refractivity contribution in [1.29, 1.82) is 0 Å². The molecular formula is C25H17N5O5S. The number of hydrogen-bond acceptors (Lipinski definition) is 9. The van der Waals surface area contributed by atoms with Crippen molar-refractivity contribution in [3.63, 3.8) is 0 Å². The smallest absolute Gasteiger partial charge is 0.270 e. The number of phenols is 1. The molecule has 0 aliphatic carbocycles. The van der Waals surface area contributed by atoms with E-state index in [1.807, 2.05) is 0 Å². The molecule has 36 heavy (non-hydrogen) atoms. The van der Waals surface area contributed by atoms with Gasteiger partial charge in [0.25, 0.3) is 11.6 Å². The molecule has 1 amide bonds. The SMILES string of the molecule is O=C(Nc1ccc(CO)cc1)c1cc2ccccc2c(/N=N/c2snc3ccc([N+](=O)[O-])cc23)c1O. The highest BCUT2D eigenvalue weighted by Gasteiger charge is 2.19. The van der Waals surface area contributed by atoms with E-state index in [-0.39, 0.29) is 29.3 Å². The number of non-ortho nitro benzene ring substituents is 1. The molecule has 0 atom stereocenters. The van der Waals surface area contributed by atoms with Gasteiger partial charge < -0.3 is 15.5 Å². The standard InChI is InChI=1S/C25H17N5O5S/c31-13-14-5-7-16(8-6-14)26-24(33)20-11-15-3-1-2-4-18(15)22(23(20)32)27-28-25-19-12-17(30(34)35)9-10-21(19)29-36-25/h1-12,31-32H,13H2,(H,26,33)/b28-27+. The number of nitrogens with one attached hydrogen (secondary N) is 1. The summed E-state index contributed by atoms with van der Waals surface area (Å²) in [4.78, 5) is 23.7. The second-order valence-electron chi connectivity index (χ2n) is 7.80. The van der Waals surface area contributed by atoms with Crippen LogP contribution in [-0.2, 0) is 6.61 Å². The van der Waals surface area contributed by atoms with E-state index in [9.17, 15) is 25.1 Å². The highest BCUT2D eigenvalue weighted by molar-refractivity contribution is 7.11. The van der Waals surface area contributed by atoms with Crippen molar-refractivity contribution in [2.45, 2.75) is 6.61 Å². The second kappa shape index (κ2) is 9.49. The number of rotatable bonds is 6. The van der Waals surface area contributed by atoms with E-state index in [0.717, 1.165) is 11.5 Å². The maximum Gasteiger partial charge on any atom is 0.270 e. The van der Waals surface area contributed by atoms with Crippen LogP contribution in [0, 0.1) is 10.1 Å². The zero-order valence-electron chi connectivity index (χ0n) is 18.5. The minimum Gasteiger partial charge on any atom is -0.505 e. The number of nitrogens with zero attached hydrogens (tertiary/aromatic N) is 4. The zero-order valence-corrected chi connectivity index (χ0v) is 19.3. The topological polar surface area (TPSA) is 150 Å². The number of aromatic hydroxyl groups is 1. The number of aliphatic hydroxyl groups is 1. The van der Waals surface area contributed by atoms with Crippen molar-refractivity contribution >= 4 is 61.2 Å². The summed E-state index contributed by atoms with van der Waals surface area (Å²) >= 11 is 1.02. The number of carbonyl (C=O) groups is 1. The lowest BCUT2D eigenvalue weighted by atomic mass is 10.0. The quantitative estimate of drug-likeness (QED) is 0.143. The predicted octanol–water partition coefficient (Wildman–Crippen LogP) is 6.22. The first-order chi connectivity index (χ1) is 17.4. The van der Waals surface area contributed by atoms with Gasteiger partial charge in [-0.3, -0.25) is 14.9 Å². The van der Waals surface area contributed by atoms with Crippen LogP contribution in [0.4, 0.5) is 22.1 Å². The van der Waals surface area contributed by atoms with E-state index < -0.39 is 10.8 Å². The van der Waals surface area contributed by atoms with Gasteiger partial charge in [-0.1, -0.05) is 36.4 Å². The fourth-order valence-electron chi connectivity index (χ4n) is 3.68. The highest BCUT2D eigenvalue weighted by Crippen LogP contribution is 2.41. The number of amides is 1. The van der Waals surface area contributed by atoms with E-state index in [4.69, 9.17) is 0 Å². The summed E-state index contributed by atoms with van der Waals surface area (Å²) in [5.41, 5.74) is 1.71. The molecule has 0 spiro atoms. The fraction of sp³-hybridized carbons (Fsp3) is 0.0400. The van der Waals surface area contributed by atoms with Crippen molar-refractivity contribution in [2.75, 3.05) is 5.32 Å². The van der Waals surface area contributed by atoms with Gasteiger partial charge in [0, 0.05) is 28.6 Å². The third-order valence-corrected chi connectivity index (χ3v) is 6.29. The van der Waals surface area contributed by atoms with Crippen LogP contribution in [0.3, 0.4) is 0 Å². The average Bonchev–Trinajstić information content (AvgIpc) is 3.30. The number of phenolic OH excluding ortho intramolecular Hbond substituents is 1. The van der Waals surface area contributed by atoms with Gasteiger partial charge in [0.15, 0.2) is 10.8 Å². The molecular weight excluding hydrogens is 482 g/mol. The first-order valence-corrected chi connectivity index (χ1v) is 11.4. The van der Waals surface area contributed by atoms with Crippen LogP contribution >= 0.6 is 11.5 Å². The van der Waals surface area contributed by atoms with Crippen LogP contribution in [0.5, 0.6) is 5.75 Å². The van der Waals surface area contributed by atoms with Crippen molar-refractivity contribution in [3.8, 4) is 5.75 Å². The van der Waals surface area contributed by atoms with E-state index in [1.54, 1.807) is 54.6 Å². The highest BCUT2D eigenvalue weighted by atomic mass is 32.1. The van der Waals surface area contributed by atoms with Crippen LogP contribution in [0.1, 0.15) is 15.9 Å². The van der Waals surface area contributed by atoms with Crippen LogP contribution in [-0.4, -0.2) is 25.4 Å². The number of nitro benzene ring substituents is 1. The molecule has 0 bridgehead atoms. The molecule has 5 aromatic rings. The minimum absolute atomic E-state index is 0.00122. The van der Waals surface area contributed by atoms with Crippen molar-refractivity contribution in [2.24, 2.45) is 10.2 Å². The molecule has 0 radical (unpaired) electrons. The largest absolute Gasteiger partial charge is 0.505 e. The summed E-state index contributed by atoms with van der Waals surface area (Å²) in [5.74, 6) is -0.910. The molecule has 0 aliphatic heterocycles. The number of aromatic nitrogens is 1. The second-order valence-corrected chi connectivity index (χ2v) is 8.55. The number of aliphatic hydroxyl groups excluding tert-OH is 1. The number of carbonyl (C=O) groups excluding carboxylic acids is 1. The molecule has 11 heteroatoms. The van der Waals surface area contributed by atoms with Gasteiger partial charge in [-0.05, 0) is 46.7 Å². The van der Waals surface area contributed by atoms with E-state index in [1.165, 1.54) is 18.2 Å². The van der Waals surface area contributed by atoms with Gasteiger partial charge in [0.1, 0.15) is 5.69 Å². The van der Waals surface area contributed by atoms with Gasteiger partial charge in [-0.15, -0.1) is 10.2 Å². The number of anilines is 1. The van der Waals surface area contributed by atoms with Crippen LogP contribution in [0.15, 0.2) is 83.0 Å². The number of fused-ring (bicyclic) bond motifs is 2. The third-order valence-electron chi connectivity index (χ3n) is 5.53. The molecule has 0 aliphatic rings. The average molecular weight is 500 g/mol. The van der Waals surface area contributed by atoms with Crippen molar-refractivity contribution in [3.05, 3.63) is 94.0 Å². The first kappa shape index (κ1) is 23.0. The Morgan fingerprint density at radius 1 is 1.03 bits per heavy atom. The Morgan fingerprint density at radius 2 is 1.81 bits per heavy atom. The Bertz CT molecular complexity index is 1660. The monoisotopic (exact) mass is 499 g/mol. The number of nitro groups is 1. The first-order valence-electron chi connectivity index (χ1n) is 10.7. The maximum absolute atomic E-state index is 13.0. The summed E-state index contributed by atoms with van der Waals surface area (Å²) in [5, 5.41) is 44.6. The summed E-state index contributed by atoms with van der Waals surface area (Å²) < 4.78 is 4.24. The Hall–Kier alpha value is -4.74. The molecule has 0 saturated heterocycles. The van der Waals surface area contributed by atoms with Crippen LogP contribution in [0.25, 0.3) is 21.7 Å². The van der Waals surface area contributed by atoms with E-state index in [0.29, 0.717) is 37.9 Å². The number of benzene rings is 4. The molecule has 4 aromatic carbocycles. The lowest BCUT2D eigenvalue weighted by Gasteiger charge is -2.11. The molecule has 10 nitrogen and oxygen atoms in total. The summed E-state index contributed by atoms with van der Waals surface area (Å²) in [7, 11) is 0. The van der Waals surface area contributed by atoms with Crippen molar-refractivity contribution < 1.29 is 19.9 Å². The van der Waals surface area contributed by atoms with Gasteiger partial charge in [0.05, 0.1) is 22.6 Å². The minimum atomic E-state index is -0.551. The summed E-state index contributed by atoms with van der Waals surface area (Å²) in [6.07, 6.45) is 0. The molecule has 1 heterocycles. The Labute approximate surface area is 207 Å².